The molecule has 5 nitrogen and oxygen atoms in total. The molecule has 0 bridgehead atoms. The molecule has 3 rings (SSSR count). The SMILES string of the molecule is CC1CCN(Cc2cccc(CN=C(N)N3CCOCC3)c2)CC1.I. The van der Waals surface area contributed by atoms with Gasteiger partial charge in [0.15, 0.2) is 5.96 Å². The molecule has 1 aromatic carbocycles. The predicted molar refractivity (Wildman–Crippen MR) is 113 cm³/mol. The van der Waals surface area contributed by atoms with E-state index < -0.39 is 0 Å². The van der Waals surface area contributed by atoms with Crippen molar-refractivity contribution in [3.63, 3.8) is 0 Å². The molecule has 0 unspecified atom stereocenters. The number of morpholine rings is 1. The van der Waals surface area contributed by atoms with E-state index in [2.05, 4.69) is 46.0 Å². The normalized spacial score (nSPS) is 20.4. The number of nitrogens with two attached hydrogens (primary N) is 1. The van der Waals surface area contributed by atoms with Gasteiger partial charge in [0.25, 0.3) is 0 Å². The Morgan fingerprint density at radius 1 is 1.16 bits per heavy atom. The lowest BCUT2D eigenvalue weighted by Crippen LogP contribution is -2.44. The van der Waals surface area contributed by atoms with Gasteiger partial charge in [0, 0.05) is 19.6 Å². The molecule has 2 aliphatic rings. The number of piperidine rings is 1. The first-order valence-corrected chi connectivity index (χ1v) is 9.13. The first-order chi connectivity index (χ1) is 11.7. The highest BCUT2D eigenvalue weighted by molar-refractivity contribution is 14.0. The zero-order chi connectivity index (χ0) is 16.8. The number of ether oxygens (including phenoxy) is 1. The molecule has 25 heavy (non-hydrogen) atoms. The molecule has 0 spiro atoms. The minimum absolute atomic E-state index is 0. The van der Waals surface area contributed by atoms with Crippen LogP contribution in [0.4, 0.5) is 0 Å². The van der Waals surface area contributed by atoms with E-state index in [4.69, 9.17) is 10.5 Å². The summed E-state index contributed by atoms with van der Waals surface area (Å²) in [4.78, 5) is 9.23. The van der Waals surface area contributed by atoms with Crippen LogP contribution >= 0.6 is 24.0 Å². The number of rotatable bonds is 4. The average Bonchev–Trinajstić information content (AvgIpc) is 2.63. The Balaban J connectivity index is 0.00000225. The third-order valence-electron chi connectivity index (χ3n) is 5.03. The van der Waals surface area contributed by atoms with Crippen molar-refractivity contribution in [3.8, 4) is 0 Å². The number of nitrogens with zero attached hydrogens (tertiary/aromatic N) is 3. The van der Waals surface area contributed by atoms with Crippen LogP contribution in [0, 0.1) is 5.92 Å². The quantitative estimate of drug-likeness (QED) is 0.429. The van der Waals surface area contributed by atoms with Crippen LogP contribution in [0.3, 0.4) is 0 Å². The summed E-state index contributed by atoms with van der Waals surface area (Å²) >= 11 is 0. The summed E-state index contributed by atoms with van der Waals surface area (Å²) in [5.74, 6) is 1.51. The van der Waals surface area contributed by atoms with Crippen LogP contribution in [-0.2, 0) is 17.8 Å². The van der Waals surface area contributed by atoms with Crippen LogP contribution in [0.15, 0.2) is 29.3 Å². The second kappa shape index (κ2) is 10.3. The molecule has 0 radical (unpaired) electrons. The second-order valence-electron chi connectivity index (χ2n) is 7.05. The molecule has 2 heterocycles. The molecule has 0 amide bonds. The summed E-state index contributed by atoms with van der Waals surface area (Å²) in [6.45, 7) is 9.62. The van der Waals surface area contributed by atoms with Gasteiger partial charge in [-0.3, -0.25) is 4.90 Å². The molecule has 0 aromatic heterocycles. The van der Waals surface area contributed by atoms with E-state index in [1.54, 1.807) is 0 Å². The molecule has 2 aliphatic heterocycles. The molecule has 140 valence electrons. The summed E-state index contributed by atoms with van der Waals surface area (Å²) in [7, 11) is 0. The van der Waals surface area contributed by atoms with E-state index in [1.807, 2.05) is 0 Å². The maximum absolute atomic E-state index is 6.11. The van der Waals surface area contributed by atoms with Crippen molar-refractivity contribution in [1.82, 2.24) is 9.80 Å². The summed E-state index contributed by atoms with van der Waals surface area (Å²) in [5, 5.41) is 0. The van der Waals surface area contributed by atoms with Crippen LogP contribution in [0.2, 0.25) is 0 Å². The highest BCUT2D eigenvalue weighted by Crippen LogP contribution is 2.18. The molecule has 1 aromatic rings. The van der Waals surface area contributed by atoms with Crippen molar-refractivity contribution in [3.05, 3.63) is 35.4 Å². The highest BCUT2D eigenvalue weighted by atomic mass is 127. The van der Waals surface area contributed by atoms with Crippen LogP contribution in [0.5, 0.6) is 0 Å². The predicted octanol–water partition coefficient (Wildman–Crippen LogP) is 2.68. The molecule has 0 aliphatic carbocycles. The van der Waals surface area contributed by atoms with Gasteiger partial charge in [-0.05, 0) is 43.0 Å². The Hall–Kier alpha value is -0.860. The van der Waals surface area contributed by atoms with Gasteiger partial charge in [0.2, 0.25) is 0 Å². The first-order valence-electron chi connectivity index (χ1n) is 9.13. The van der Waals surface area contributed by atoms with Gasteiger partial charge in [-0.1, -0.05) is 31.2 Å². The Kier molecular flexibility index (Phi) is 8.45. The van der Waals surface area contributed by atoms with Crippen molar-refractivity contribution in [1.29, 1.82) is 0 Å². The molecule has 2 fully saturated rings. The Morgan fingerprint density at radius 3 is 2.56 bits per heavy atom. The van der Waals surface area contributed by atoms with Crippen molar-refractivity contribution >= 4 is 29.9 Å². The average molecular weight is 458 g/mol. The summed E-state index contributed by atoms with van der Waals surface area (Å²) < 4.78 is 5.35. The smallest absolute Gasteiger partial charge is 0.191 e. The van der Waals surface area contributed by atoms with Crippen LogP contribution in [0.25, 0.3) is 0 Å². The maximum Gasteiger partial charge on any atom is 0.191 e. The number of aliphatic imine (C=N–C) groups is 1. The van der Waals surface area contributed by atoms with Gasteiger partial charge in [-0.2, -0.15) is 0 Å². The number of halogens is 1. The number of likely N-dealkylation sites (tertiary alicyclic amines) is 1. The van der Waals surface area contributed by atoms with Crippen LogP contribution in [0.1, 0.15) is 30.9 Å². The van der Waals surface area contributed by atoms with Gasteiger partial charge in [-0.25, -0.2) is 4.99 Å². The standard InChI is InChI=1S/C19H30N4O.HI/c1-16-5-7-22(8-6-16)15-18-4-2-3-17(13-18)14-21-19(20)23-9-11-24-12-10-23;/h2-4,13,16H,5-12,14-15H2,1H3,(H2,20,21);1H. The lowest BCUT2D eigenvalue weighted by molar-refractivity contribution is 0.0674. The lowest BCUT2D eigenvalue weighted by Gasteiger charge is -2.30. The van der Waals surface area contributed by atoms with E-state index in [-0.39, 0.29) is 24.0 Å². The van der Waals surface area contributed by atoms with Gasteiger partial charge in [-0.15, -0.1) is 24.0 Å². The molecule has 2 saturated heterocycles. The van der Waals surface area contributed by atoms with E-state index in [9.17, 15) is 0 Å². The van der Waals surface area contributed by atoms with Crippen molar-refractivity contribution in [2.24, 2.45) is 16.6 Å². The number of benzene rings is 1. The Labute approximate surface area is 168 Å². The summed E-state index contributed by atoms with van der Waals surface area (Å²) in [6.07, 6.45) is 2.64. The van der Waals surface area contributed by atoms with Crippen LogP contribution < -0.4 is 5.73 Å². The fourth-order valence-electron chi connectivity index (χ4n) is 3.37. The largest absolute Gasteiger partial charge is 0.378 e. The first kappa shape index (κ1) is 20.5. The molecule has 0 atom stereocenters. The van der Waals surface area contributed by atoms with Crippen LogP contribution in [-0.4, -0.2) is 55.2 Å². The summed E-state index contributed by atoms with van der Waals surface area (Å²) in [5.41, 5.74) is 8.72. The Bertz CT molecular complexity index is 552. The number of hydrogen-bond acceptors (Lipinski definition) is 3. The zero-order valence-electron chi connectivity index (χ0n) is 15.2. The van der Waals surface area contributed by atoms with Gasteiger partial charge >= 0.3 is 0 Å². The second-order valence-corrected chi connectivity index (χ2v) is 7.05. The fourth-order valence-corrected chi connectivity index (χ4v) is 3.37. The van der Waals surface area contributed by atoms with E-state index in [1.165, 1.54) is 37.1 Å². The van der Waals surface area contributed by atoms with E-state index >= 15 is 0 Å². The monoisotopic (exact) mass is 458 g/mol. The number of hydrogen-bond donors (Lipinski definition) is 1. The van der Waals surface area contributed by atoms with Crippen molar-refractivity contribution in [2.75, 3.05) is 39.4 Å². The minimum Gasteiger partial charge on any atom is -0.378 e. The number of guanidine groups is 1. The minimum atomic E-state index is 0. The van der Waals surface area contributed by atoms with Gasteiger partial charge in [0.1, 0.15) is 0 Å². The maximum atomic E-state index is 6.11. The van der Waals surface area contributed by atoms with Crippen molar-refractivity contribution in [2.45, 2.75) is 32.9 Å². The van der Waals surface area contributed by atoms with E-state index in [0.29, 0.717) is 12.5 Å². The molecule has 6 heteroatoms. The van der Waals surface area contributed by atoms with Crippen molar-refractivity contribution < 1.29 is 4.74 Å². The van der Waals surface area contributed by atoms with Gasteiger partial charge in [0.05, 0.1) is 19.8 Å². The third kappa shape index (κ3) is 6.42. The highest BCUT2D eigenvalue weighted by Gasteiger charge is 2.16. The fraction of sp³-hybridized carbons (Fsp3) is 0.632. The third-order valence-corrected chi connectivity index (χ3v) is 5.03. The molecule has 2 N–H and O–H groups in total. The molecular formula is C19H31IN4O. The zero-order valence-corrected chi connectivity index (χ0v) is 17.5. The molecular weight excluding hydrogens is 427 g/mol. The Morgan fingerprint density at radius 2 is 1.84 bits per heavy atom. The summed E-state index contributed by atoms with van der Waals surface area (Å²) in [6, 6.07) is 8.76. The molecule has 0 saturated carbocycles. The topological polar surface area (TPSA) is 54.1 Å². The lowest BCUT2D eigenvalue weighted by atomic mass is 9.98. The van der Waals surface area contributed by atoms with E-state index in [0.717, 1.165) is 38.8 Å². The van der Waals surface area contributed by atoms with Gasteiger partial charge < -0.3 is 15.4 Å².